The molecular formula is C13H18F2N2O3S. The lowest BCUT2D eigenvalue weighted by molar-refractivity contribution is 0.280. The Bertz CT molecular complexity index is 635. The van der Waals surface area contributed by atoms with Crippen molar-refractivity contribution in [1.29, 1.82) is 0 Å². The lowest BCUT2D eigenvalue weighted by atomic mass is 10.2. The maximum atomic E-state index is 13.8. The Kier molecular flexibility index (Phi) is 4.62. The van der Waals surface area contributed by atoms with Crippen molar-refractivity contribution in [3.63, 3.8) is 0 Å². The van der Waals surface area contributed by atoms with Crippen LogP contribution in [0.3, 0.4) is 0 Å². The van der Waals surface area contributed by atoms with Gasteiger partial charge in [0.15, 0.2) is 11.6 Å². The van der Waals surface area contributed by atoms with E-state index in [2.05, 4.69) is 0 Å². The zero-order valence-electron chi connectivity index (χ0n) is 11.9. The Labute approximate surface area is 122 Å². The van der Waals surface area contributed by atoms with Gasteiger partial charge in [0.25, 0.3) is 0 Å². The maximum Gasteiger partial charge on any atom is 0.246 e. The number of rotatable bonds is 4. The first-order valence-electron chi connectivity index (χ1n) is 6.52. The summed E-state index contributed by atoms with van der Waals surface area (Å²) < 4.78 is 53.4. The fraction of sp³-hybridized carbons (Fsp3) is 0.538. The Morgan fingerprint density at radius 1 is 1.38 bits per heavy atom. The number of likely N-dealkylation sites (N-methyl/N-ethyl adjacent to an activating group) is 1. The van der Waals surface area contributed by atoms with Crippen molar-refractivity contribution in [3.8, 4) is 0 Å². The quantitative estimate of drug-likeness (QED) is 0.891. The molecule has 1 aromatic carbocycles. The van der Waals surface area contributed by atoms with E-state index in [9.17, 15) is 17.2 Å². The highest BCUT2D eigenvalue weighted by Crippen LogP contribution is 2.27. The highest BCUT2D eigenvalue weighted by Gasteiger charge is 2.35. The first kappa shape index (κ1) is 16.3. The van der Waals surface area contributed by atoms with E-state index in [4.69, 9.17) is 5.11 Å². The monoisotopic (exact) mass is 320 g/mol. The van der Waals surface area contributed by atoms with E-state index in [0.29, 0.717) is 6.42 Å². The lowest BCUT2D eigenvalue weighted by Crippen LogP contribution is -2.35. The average molecular weight is 320 g/mol. The van der Waals surface area contributed by atoms with Crippen molar-refractivity contribution in [2.24, 2.45) is 0 Å². The zero-order valence-corrected chi connectivity index (χ0v) is 12.7. The molecule has 1 heterocycles. The molecule has 0 amide bonds. The summed E-state index contributed by atoms with van der Waals surface area (Å²) in [6.45, 7) is -0.0601. The van der Waals surface area contributed by atoms with Gasteiger partial charge in [0.05, 0.1) is 6.61 Å². The summed E-state index contributed by atoms with van der Waals surface area (Å²) in [4.78, 5) is 1.18. The van der Waals surface area contributed by atoms with Gasteiger partial charge in [-0.05, 0) is 38.2 Å². The number of halogens is 2. The van der Waals surface area contributed by atoms with Crippen molar-refractivity contribution in [1.82, 2.24) is 9.21 Å². The second kappa shape index (κ2) is 5.96. The van der Waals surface area contributed by atoms with E-state index in [-0.39, 0.29) is 24.7 Å². The van der Waals surface area contributed by atoms with E-state index in [1.54, 1.807) is 0 Å². The molecule has 1 saturated heterocycles. The molecule has 1 aromatic rings. The minimum Gasteiger partial charge on any atom is -0.392 e. The summed E-state index contributed by atoms with van der Waals surface area (Å²) in [5.41, 5.74) is 0.0239. The van der Waals surface area contributed by atoms with E-state index in [1.165, 1.54) is 0 Å². The third kappa shape index (κ3) is 3.08. The van der Waals surface area contributed by atoms with Gasteiger partial charge in [0.2, 0.25) is 10.0 Å². The standard InChI is InChI=1S/C13H18F2N2O3S/c1-16(2)10-3-4-17(7-10)21(19,20)12-6-9(8-18)5-11(14)13(12)15/h5-6,10,18H,3-4,7-8H2,1-2H3. The van der Waals surface area contributed by atoms with E-state index >= 15 is 0 Å². The largest absolute Gasteiger partial charge is 0.392 e. The van der Waals surface area contributed by atoms with Crippen molar-refractivity contribution in [3.05, 3.63) is 29.3 Å². The van der Waals surface area contributed by atoms with Crippen molar-refractivity contribution < 1.29 is 22.3 Å². The number of hydrogen-bond acceptors (Lipinski definition) is 4. The van der Waals surface area contributed by atoms with Gasteiger partial charge < -0.3 is 10.0 Å². The fourth-order valence-electron chi connectivity index (χ4n) is 2.39. The third-order valence-electron chi connectivity index (χ3n) is 3.71. The van der Waals surface area contributed by atoms with Crippen molar-refractivity contribution in [2.45, 2.75) is 24.0 Å². The van der Waals surface area contributed by atoms with Crippen LogP contribution in [0.1, 0.15) is 12.0 Å². The van der Waals surface area contributed by atoms with E-state index in [0.717, 1.165) is 16.4 Å². The van der Waals surface area contributed by atoms with Gasteiger partial charge in [0, 0.05) is 19.1 Å². The topological polar surface area (TPSA) is 60.9 Å². The second-order valence-corrected chi connectivity index (χ2v) is 7.22. The zero-order chi connectivity index (χ0) is 15.8. The second-order valence-electron chi connectivity index (χ2n) is 5.32. The van der Waals surface area contributed by atoms with Crippen molar-refractivity contribution in [2.75, 3.05) is 27.2 Å². The summed E-state index contributed by atoms with van der Waals surface area (Å²) in [5.74, 6) is -2.68. The summed E-state index contributed by atoms with van der Waals surface area (Å²) in [7, 11) is -0.429. The van der Waals surface area contributed by atoms with E-state index in [1.807, 2.05) is 19.0 Å². The van der Waals surface area contributed by atoms with Gasteiger partial charge in [-0.1, -0.05) is 0 Å². The number of sulfonamides is 1. The van der Waals surface area contributed by atoms with Gasteiger partial charge in [-0.15, -0.1) is 0 Å². The smallest absolute Gasteiger partial charge is 0.246 e. The maximum absolute atomic E-state index is 13.8. The normalized spacial score (nSPS) is 20.4. The van der Waals surface area contributed by atoms with Crippen LogP contribution < -0.4 is 0 Å². The molecule has 118 valence electrons. The summed E-state index contributed by atoms with van der Waals surface area (Å²) in [6.07, 6.45) is 0.635. The molecular weight excluding hydrogens is 302 g/mol. The van der Waals surface area contributed by atoms with Gasteiger partial charge in [-0.25, -0.2) is 17.2 Å². The highest BCUT2D eigenvalue weighted by atomic mass is 32.2. The third-order valence-corrected chi connectivity index (χ3v) is 5.58. The number of aliphatic hydroxyl groups is 1. The van der Waals surface area contributed by atoms with Crippen LogP contribution in [0.2, 0.25) is 0 Å². The molecule has 1 N–H and O–H groups in total. The molecule has 0 aliphatic carbocycles. The van der Waals surface area contributed by atoms with Crippen LogP contribution in [0.5, 0.6) is 0 Å². The van der Waals surface area contributed by atoms with Crippen LogP contribution in [-0.4, -0.2) is 56.0 Å². The summed E-state index contributed by atoms with van der Waals surface area (Å²) in [5, 5.41) is 9.02. The first-order chi connectivity index (χ1) is 9.77. The molecule has 0 bridgehead atoms. The Morgan fingerprint density at radius 3 is 2.57 bits per heavy atom. The number of benzene rings is 1. The average Bonchev–Trinajstić information content (AvgIpc) is 2.92. The van der Waals surface area contributed by atoms with Gasteiger partial charge in [-0.3, -0.25) is 0 Å². The molecule has 0 radical (unpaired) electrons. The molecule has 0 aromatic heterocycles. The minimum absolute atomic E-state index is 0.0239. The van der Waals surface area contributed by atoms with Gasteiger partial charge in [-0.2, -0.15) is 4.31 Å². The molecule has 1 fully saturated rings. The highest BCUT2D eigenvalue weighted by molar-refractivity contribution is 7.89. The molecule has 2 rings (SSSR count). The number of nitrogens with zero attached hydrogens (tertiary/aromatic N) is 2. The van der Waals surface area contributed by atoms with Crippen LogP contribution >= 0.6 is 0 Å². The van der Waals surface area contributed by atoms with Gasteiger partial charge >= 0.3 is 0 Å². The SMILES string of the molecule is CN(C)C1CCN(S(=O)(=O)c2cc(CO)cc(F)c2F)C1. The minimum atomic E-state index is -4.11. The fourth-order valence-corrected chi connectivity index (χ4v) is 4.00. The molecule has 0 spiro atoms. The molecule has 1 aliphatic rings. The molecule has 0 saturated carbocycles. The van der Waals surface area contributed by atoms with Crippen molar-refractivity contribution >= 4 is 10.0 Å². The predicted molar refractivity (Wildman–Crippen MR) is 73.1 cm³/mol. The Hall–Kier alpha value is -1.09. The molecule has 5 nitrogen and oxygen atoms in total. The molecule has 1 aliphatic heterocycles. The van der Waals surface area contributed by atoms with Crippen LogP contribution in [0.15, 0.2) is 17.0 Å². The predicted octanol–water partition coefficient (Wildman–Crippen LogP) is 0.782. The molecule has 21 heavy (non-hydrogen) atoms. The Balaban J connectivity index is 2.39. The van der Waals surface area contributed by atoms with Crippen LogP contribution in [-0.2, 0) is 16.6 Å². The van der Waals surface area contributed by atoms with Crippen LogP contribution in [0.4, 0.5) is 8.78 Å². The lowest BCUT2D eigenvalue weighted by Gasteiger charge is -2.20. The Morgan fingerprint density at radius 2 is 2.05 bits per heavy atom. The van der Waals surface area contributed by atoms with Crippen LogP contribution in [0.25, 0.3) is 0 Å². The van der Waals surface area contributed by atoms with Crippen LogP contribution in [0, 0.1) is 11.6 Å². The summed E-state index contributed by atoms with van der Waals surface area (Å²) >= 11 is 0. The van der Waals surface area contributed by atoms with E-state index < -0.39 is 33.2 Å². The number of aliphatic hydroxyl groups excluding tert-OH is 1. The molecule has 1 atom stereocenters. The molecule has 8 heteroatoms. The van der Waals surface area contributed by atoms with Gasteiger partial charge in [0.1, 0.15) is 4.90 Å². The molecule has 1 unspecified atom stereocenters. The number of hydrogen-bond donors (Lipinski definition) is 1. The summed E-state index contributed by atoms with van der Waals surface area (Å²) in [6, 6.07) is 1.83. The first-order valence-corrected chi connectivity index (χ1v) is 7.96.